The van der Waals surface area contributed by atoms with E-state index in [4.69, 9.17) is 21.3 Å². The van der Waals surface area contributed by atoms with Crippen molar-refractivity contribution in [1.29, 1.82) is 0 Å². The lowest BCUT2D eigenvalue weighted by Crippen LogP contribution is -2.28. The Balaban J connectivity index is 1.34. The summed E-state index contributed by atoms with van der Waals surface area (Å²) in [6.45, 7) is 2.63. The average molecular weight is 494 g/mol. The van der Waals surface area contributed by atoms with E-state index < -0.39 is 5.97 Å². The van der Waals surface area contributed by atoms with Gasteiger partial charge in [0.1, 0.15) is 0 Å². The summed E-state index contributed by atoms with van der Waals surface area (Å²) >= 11 is 7.38. The van der Waals surface area contributed by atoms with Crippen molar-refractivity contribution < 1.29 is 14.3 Å². The number of halogens is 1. The summed E-state index contributed by atoms with van der Waals surface area (Å²) in [6, 6.07) is 23.4. The second-order valence-corrected chi connectivity index (χ2v) is 9.13. The molecule has 0 saturated heterocycles. The number of para-hydroxylation sites is 2. The fourth-order valence-corrected chi connectivity index (χ4v) is 4.52. The van der Waals surface area contributed by atoms with E-state index >= 15 is 0 Å². The van der Waals surface area contributed by atoms with Crippen LogP contribution in [-0.4, -0.2) is 33.8 Å². The van der Waals surface area contributed by atoms with Crippen LogP contribution in [0, 0.1) is 6.92 Å². The maximum Gasteiger partial charge on any atom is 0.316 e. The summed E-state index contributed by atoms with van der Waals surface area (Å²) in [5, 5.41) is 4.00. The van der Waals surface area contributed by atoms with Crippen LogP contribution in [-0.2, 0) is 27.4 Å². The number of hydrogen-bond donors (Lipinski definition) is 1. The first-order valence-electron chi connectivity index (χ1n) is 10.8. The minimum absolute atomic E-state index is 0.0505. The molecule has 4 rings (SSSR count). The fourth-order valence-electron chi connectivity index (χ4n) is 3.51. The Bertz CT molecular complexity index is 1320. The molecule has 34 heavy (non-hydrogen) atoms. The van der Waals surface area contributed by atoms with Gasteiger partial charge in [0.05, 0.1) is 23.3 Å². The number of aryl methyl sites for hydroxylation is 1. The SMILES string of the molecule is Cc1cccc(Cn2c(SCC(=O)OCC(=O)NCc3ccccc3Cl)nc3ccccc32)c1. The maximum absolute atomic E-state index is 12.3. The van der Waals surface area contributed by atoms with Gasteiger partial charge in [-0.15, -0.1) is 0 Å². The number of carbonyl (C=O) groups excluding carboxylic acids is 2. The van der Waals surface area contributed by atoms with E-state index in [9.17, 15) is 9.59 Å². The molecule has 1 heterocycles. The maximum atomic E-state index is 12.3. The predicted octanol–water partition coefficient (Wildman–Crippen LogP) is 5.00. The molecule has 4 aromatic rings. The number of fused-ring (bicyclic) bond motifs is 1. The highest BCUT2D eigenvalue weighted by Gasteiger charge is 2.15. The first-order valence-corrected chi connectivity index (χ1v) is 12.2. The van der Waals surface area contributed by atoms with E-state index in [-0.39, 0.29) is 24.8 Å². The van der Waals surface area contributed by atoms with E-state index in [1.807, 2.05) is 48.5 Å². The number of rotatable bonds is 9. The van der Waals surface area contributed by atoms with E-state index in [1.54, 1.807) is 6.07 Å². The zero-order valence-corrected chi connectivity index (χ0v) is 20.2. The molecule has 174 valence electrons. The van der Waals surface area contributed by atoms with E-state index in [2.05, 4.69) is 35.0 Å². The van der Waals surface area contributed by atoms with Crippen LogP contribution in [0.2, 0.25) is 5.02 Å². The van der Waals surface area contributed by atoms with Gasteiger partial charge in [0.2, 0.25) is 0 Å². The molecule has 6 nitrogen and oxygen atoms in total. The Kier molecular flexibility index (Phi) is 7.87. The van der Waals surface area contributed by atoms with Gasteiger partial charge in [0.15, 0.2) is 11.8 Å². The number of thioether (sulfide) groups is 1. The Labute approximate surface area is 207 Å². The molecular formula is C26H24ClN3O3S. The lowest BCUT2D eigenvalue weighted by Gasteiger charge is -2.10. The summed E-state index contributed by atoms with van der Waals surface area (Å²) < 4.78 is 7.25. The second-order valence-electron chi connectivity index (χ2n) is 7.78. The number of nitrogens with one attached hydrogen (secondary N) is 1. The Morgan fingerprint density at radius 2 is 1.85 bits per heavy atom. The number of nitrogens with zero attached hydrogens (tertiary/aromatic N) is 2. The van der Waals surface area contributed by atoms with Crippen molar-refractivity contribution in [2.75, 3.05) is 12.4 Å². The van der Waals surface area contributed by atoms with Gasteiger partial charge in [-0.25, -0.2) is 4.98 Å². The quantitative estimate of drug-likeness (QED) is 0.262. The highest BCUT2D eigenvalue weighted by Crippen LogP contribution is 2.25. The van der Waals surface area contributed by atoms with Crippen LogP contribution in [0.3, 0.4) is 0 Å². The molecule has 0 atom stereocenters. The number of hydrogen-bond acceptors (Lipinski definition) is 5. The molecule has 1 amide bonds. The minimum Gasteiger partial charge on any atom is -0.455 e. The van der Waals surface area contributed by atoms with Crippen LogP contribution in [0.15, 0.2) is 78.0 Å². The van der Waals surface area contributed by atoms with Gasteiger partial charge in [-0.05, 0) is 36.2 Å². The topological polar surface area (TPSA) is 73.2 Å². The highest BCUT2D eigenvalue weighted by atomic mass is 35.5. The zero-order valence-electron chi connectivity index (χ0n) is 18.7. The van der Waals surface area contributed by atoms with Crippen molar-refractivity contribution in [1.82, 2.24) is 14.9 Å². The van der Waals surface area contributed by atoms with E-state index in [0.29, 0.717) is 11.6 Å². The largest absolute Gasteiger partial charge is 0.455 e. The number of amides is 1. The molecule has 0 aliphatic heterocycles. The van der Waals surface area contributed by atoms with Crippen molar-refractivity contribution in [2.24, 2.45) is 0 Å². The molecule has 1 aromatic heterocycles. The van der Waals surface area contributed by atoms with Gasteiger partial charge >= 0.3 is 5.97 Å². The number of carbonyl (C=O) groups is 2. The second kappa shape index (κ2) is 11.2. The van der Waals surface area contributed by atoms with Crippen LogP contribution < -0.4 is 5.32 Å². The van der Waals surface area contributed by atoms with Crippen LogP contribution in [0.5, 0.6) is 0 Å². The predicted molar refractivity (Wildman–Crippen MR) is 135 cm³/mol. The lowest BCUT2D eigenvalue weighted by molar-refractivity contribution is -0.145. The summed E-state index contributed by atoms with van der Waals surface area (Å²) in [7, 11) is 0. The van der Waals surface area contributed by atoms with Gasteiger partial charge in [-0.3, -0.25) is 9.59 Å². The van der Waals surface area contributed by atoms with Crippen LogP contribution in [0.4, 0.5) is 0 Å². The number of esters is 1. The van der Waals surface area contributed by atoms with Crippen molar-refractivity contribution >= 4 is 46.3 Å². The molecule has 0 bridgehead atoms. The lowest BCUT2D eigenvalue weighted by atomic mass is 10.1. The first-order chi connectivity index (χ1) is 16.5. The molecule has 0 aliphatic rings. The summed E-state index contributed by atoms with van der Waals surface area (Å²) in [4.78, 5) is 29.0. The highest BCUT2D eigenvalue weighted by molar-refractivity contribution is 7.99. The molecular weight excluding hydrogens is 470 g/mol. The van der Waals surface area contributed by atoms with Gasteiger partial charge < -0.3 is 14.6 Å². The van der Waals surface area contributed by atoms with Crippen molar-refractivity contribution in [2.45, 2.75) is 25.2 Å². The average Bonchev–Trinajstić information content (AvgIpc) is 3.18. The molecule has 8 heteroatoms. The molecule has 0 fully saturated rings. The Morgan fingerprint density at radius 1 is 1.06 bits per heavy atom. The summed E-state index contributed by atoms with van der Waals surface area (Å²) in [5.41, 5.74) is 5.01. The monoisotopic (exact) mass is 493 g/mol. The van der Waals surface area contributed by atoms with Crippen molar-refractivity contribution in [3.8, 4) is 0 Å². The van der Waals surface area contributed by atoms with Gasteiger partial charge in [-0.1, -0.05) is 83.5 Å². The van der Waals surface area contributed by atoms with E-state index in [0.717, 1.165) is 27.3 Å². The summed E-state index contributed by atoms with van der Waals surface area (Å²) in [6.07, 6.45) is 0. The number of ether oxygens (including phenoxy) is 1. The molecule has 0 aliphatic carbocycles. The van der Waals surface area contributed by atoms with Crippen LogP contribution in [0.1, 0.15) is 16.7 Å². The molecule has 0 saturated carbocycles. The smallest absolute Gasteiger partial charge is 0.316 e. The molecule has 1 N–H and O–H groups in total. The molecule has 0 spiro atoms. The number of imidazole rings is 1. The summed E-state index contributed by atoms with van der Waals surface area (Å²) in [5.74, 6) is -0.813. The van der Waals surface area contributed by atoms with Crippen molar-refractivity contribution in [3.63, 3.8) is 0 Å². The van der Waals surface area contributed by atoms with Crippen LogP contribution in [0.25, 0.3) is 11.0 Å². The zero-order chi connectivity index (χ0) is 23.9. The molecule has 3 aromatic carbocycles. The number of aromatic nitrogens is 2. The molecule has 0 radical (unpaired) electrons. The van der Waals surface area contributed by atoms with Crippen molar-refractivity contribution in [3.05, 3.63) is 94.5 Å². The normalized spacial score (nSPS) is 10.9. The third-order valence-electron chi connectivity index (χ3n) is 5.16. The van der Waals surface area contributed by atoms with Gasteiger partial charge in [-0.2, -0.15) is 0 Å². The van der Waals surface area contributed by atoms with Gasteiger partial charge in [0.25, 0.3) is 5.91 Å². The Hall–Kier alpha value is -3.29. The standard InChI is InChI=1S/C26H24ClN3O3S/c1-18-7-6-8-19(13-18)15-30-23-12-5-4-11-22(23)29-26(30)34-17-25(32)33-16-24(31)28-14-20-9-2-3-10-21(20)27/h2-13H,14-17H2,1H3,(H,28,31). The first kappa shape index (κ1) is 23.9. The minimum atomic E-state index is -0.480. The van der Waals surface area contributed by atoms with Crippen LogP contribution >= 0.6 is 23.4 Å². The Morgan fingerprint density at radius 3 is 2.68 bits per heavy atom. The van der Waals surface area contributed by atoms with E-state index in [1.165, 1.54) is 17.3 Å². The number of benzene rings is 3. The third-order valence-corrected chi connectivity index (χ3v) is 6.48. The van der Waals surface area contributed by atoms with Gasteiger partial charge in [0, 0.05) is 11.6 Å². The molecule has 0 unspecified atom stereocenters. The third kappa shape index (κ3) is 6.18. The fraction of sp³-hybridized carbons (Fsp3) is 0.192.